The Morgan fingerprint density at radius 1 is 1.29 bits per heavy atom. The third-order valence-corrected chi connectivity index (χ3v) is 4.23. The van der Waals surface area contributed by atoms with E-state index in [9.17, 15) is 4.79 Å². The number of hydrogen-bond donors (Lipinski definition) is 2. The van der Waals surface area contributed by atoms with Gasteiger partial charge in [0, 0.05) is 44.9 Å². The Morgan fingerprint density at radius 2 is 2.10 bits per heavy atom. The Labute approximate surface area is 125 Å². The zero-order chi connectivity index (χ0) is 14.7. The molecule has 0 aliphatic carbocycles. The second-order valence-electron chi connectivity index (χ2n) is 5.67. The molecule has 1 saturated heterocycles. The summed E-state index contributed by atoms with van der Waals surface area (Å²) in [7, 11) is 1.91. The van der Waals surface area contributed by atoms with E-state index in [0.29, 0.717) is 12.3 Å². The lowest BCUT2D eigenvalue weighted by Gasteiger charge is -2.25. The quantitative estimate of drug-likeness (QED) is 0.884. The van der Waals surface area contributed by atoms with Gasteiger partial charge in [0.25, 0.3) is 0 Å². The van der Waals surface area contributed by atoms with Gasteiger partial charge in [-0.2, -0.15) is 0 Å². The molecule has 110 valence electrons. The van der Waals surface area contributed by atoms with Crippen LogP contribution in [0.3, 0.4) is 0 Å². The van der Waals surface area contributed by atoms with Gasteiger partial charge in [0.1, 0.15) is 0 Å². The van der Waals surface area contributed by atoms with Gasteiger partial charge in [0.05, 0.1) is 6.04 Å². The predicted octanol–water partition coefficient (Wildman–Crippen LogP) is 2.32. The maximum absolute atomic E-state index is 12.1. The summed E-state index contributed by atoms with van der Waals surface area (Å²) in [6, 6.07) is 12.6. The average molecular weight is 283 g/mol. The monoisotopic (exact) mass is 283 g/mol. The Kier molecular flexibility index (Phi) is 4.06. The Hall–Kier alpha value is -2.07. The molecule has 2 heterocycles. The van der Waals surface area contributed by atoms with Crippen molar-refractivity contribution in [3.05, 3.63) is 59.9 Å². The first-order chi connectivity index (χ1) is 10.3. The fraction of sp³-hybridized carbons (Fsp3) is 0.353. The lowest BCUT2D eigenvalue weighted by molar-refractivity contribution is -0.127. The van der Waals surface area contributed by atoms with Crippen LogP contribution in [0.1, 0.15) is 23.6 Å². The molecule has 0 saturated carbocycles. The number of nitrogens with one attached hydrogen (secondary N) is 2. The van der Waals surface area contributed by atoms with Crippen LogP contribution in [-0.2, 0) is 11.3 Å². The van der Waals surface area contributed by atoms with Crippen LogP contribution >= 0.6 is 0 Å². The van der Waals surface area contributed by atoms with Crippen molar-refractivity contribution in [3.8, 4) is 0 Å². The molecular formula is C17H21N3O. The van der Waals surface area contributed by atoms with Gasteiger partial charge in [0.2, 0.25) is 5.91 Å². The van der Waals surface area contributed by atoms with Crippen molar-refractivity contribution in [1.82, 2.24) is 15.2 Å². The van der Waals surface area contributed by atoms with Gasteiger partial charge < -0.3 is 15.2 Å². The first-order valence-corrected chi connectivity index (χ1v) is 7.38. The maximum Gasteiger partial charge on any atom is 0.223 e. The molecule has 1 fully saturated rings. The van der Waals surface area contributed by atoms with Crippen molar-refractivity contribution in [2.24, 2.45) is 5.92 Å². The van der Waals surface area contributed by atoms with Crippen molar-refractivity contribution in [2.75, 3.05) is 13.6 Å². The highest BCUT2D eigenvalue weighted by molar-refractivity contribution is 5.79. The van der Waals surface area contributed by atoms with Crippen molar-refractivity contribution in [3.63, 3.8) is 0 Å². The highest BCUT2D eigenvalue weighted by atomic mass is 16.2. The standard InChI is InChI=1S/C17H21N3O/c1-20-16(21)9-15(12-19-11-13-7-8-18-10-13)17(20)14-5-3-2-4-6-14/h2-8,10,15,17-19H,9,11-12H2,1H3/t15-,17-/m0/s1. The van der Waals surface area contributed by atoms with E-state index in [-0.39, 0.29) is 11.9 Å². The molecule has 4 nitrogen and oxygen atoms in total. The van der Waals surface area contributed by atoms with Gasteiger partial charge in [-0.1, -0.05) is 30.3 Å². The first-order valence-electron chi connectivity index (χ1n) is 7.38. The van der Waals surface area contributed by atoms with Crippen LogP contribution in [0, 0.1) is 5.92 Å². The van der Waals surface area contributed by atoms with E-state index in [0.717, 1.165) is 13.1 Å². The smallest absolute Gasteiger partial charge is 0.223 e. The van der Waals surface area contributed by atoms with Crippen molar-refractivity contribution < 1.29 is 4.79 Å². The van der Waals surface area contributed by atoms with Crippen LogP contribution in [0.4, 0.5) is 0 Å². The molecule has 0 bridgehead atoms. The minimum absolute atomic E-state index is 0.178. The molecule has 21 heavy (non-hydrogen) atoms. The van der Waals surface area contributed by atoms with Crippen molar-refractivity contribution in [1.29, 1.82) is 0 Å². The number of nitrogens with zero attached hydrogens (tertiary/aromatic N) is 1. The topological polar surface area (TPSA) is 48.1 Å². The fourth-order valence-electron chi connectivity index (χ4n) is 3.15. The van der Waals surface area contributed by atoms with Crippen molar-refractivity contribution in [2.45, 2.75) is 19.0 Å². The maximum atomic E-state index is 12.1. The number of H-pyrrole nitrogens is 1. The fourth-order valence-corrected chi connectivity index (χ4v) is 3.15. The van der Waals surface area contributed by atoms with E-state index >= 15 is 0 Å². The molecule has 2 aromatic rings. The average Bonchev–Trinajstić information content (AvgIpc) is 3.10. The lowest BCUT2D eigenvalue weighted by Crippen LogP contribution is -2.29. The van der Waals surface area contributed by atoms with E-state index in [1.165, 1.54) is 11.1 Å². The number of carbonyl (C=O) groups excluding carboxylic acids is 1. The van der Waals surface area contributed by atoms with Crippen molar-refractivity contribution >= 4 is 5.91 Å². The number of benzene rings is 1. The van der Waals surface area contributed by atoms with Crippen LogP contribution in [0.2, 0.25) is 0 Å². The first kappa shape index (κ1) is 13.9. The van der Waals surface area contributed by atoms with Crippen LogP contribution in [0.25, 0.3) is 0 Å². The lowest BCUT2D eigenvalue weighted by atomic mass is 9.93. The van der Waals surface area contributed by atoms with Gasteiger partial charge >= 0.3 is 0 Å². The molecule has 0 radical (unpaired) electrons. The summed E-state index contributed by atoms with van der Waals surface area (Å²) >= 11 is 0. The third-order valence-electron chi connectivity index (χ3n) is 4.23. The highest BCUT2D eigenvalue weighted by Crippen LogP contribution is 2.36. The second kappa shape index (κ2) is 6.14. The second-order valence-corrected chi connectivity index (χ2v) is 5.67. The minimum atomic E-state index is 0.178. The molecule has 1 aromatic heterocycles. The molecule has 2 atom stereocenters. The zero-order valence-corrected chi connectivity index (χ0v) is 12.3. The van der Waals surface area contributed by atoms with Gasteiger partial charge in [-0.05, 0) is 17.2 Å². The summed E-state index contributed by atoms with van der Waals surface area (Å²) in [5.41, 5.74) is 2.46. The molecule has 4 heteroatoms. The molecule has 0 unspecified atom stereocenters. The Balaban J connectivity index is 1.66. The van der Waals surface area contributed by atoms with Gasteiger partial charge in [-0.3, -0.25) is 4.79 Å². The Bertz CT molecular complexity index is 579. The summed E-state index contributed by atoms with van der Waals surface area (Å²) in [4.78, 5) is 17.0. The molecule has 1 amide bonds. The largest absolute Gasteiger partial charge is 0.367 e. The van der Waals surface area contributed by atoms with Crippen LogP contribution < -0.4 is 5.32 Å². The molecule has 1 aliphatic rings. The molecule has 3 rings (SSSR count). The van der Waals surface area contributed by atoms with E-state index < -0.39 is 0 Å². The van der Waals surface area contributed by atoms with Crippen LogP contribution in [-0.4, -0.2) is 29.4 Å². The van der Waals surface area contributed by atoms with E-state index in [2.05, 4.69) is 28.5 Å². The summed E-state index contributed by atoms with van der Waals surface area (Å²) in [5.74, 6) is 0.557. The molecule has 2 N–H and O–H groups in total. The summed E-state index contributed by atoms with van der Waals surface area (Å²) in [6.07, 6.45) is 4.54. The SMILES string of the molecule is CN1C(=O)C[C@@H](CNCc2cc[nH]c2)[C@@H]1c1ccccc1. The normalized spacial score (nSPS) is 22.0. The molecule has 1 aromatic carbocycles. The predicted molar refractivity (Wildman–Crippen MR) is 82.6 cm³/mol. The minimum Gasteiger partial charge on any atom is -0.367 e. The van der Waals surface area contributed by atoms with Crippen LogP contribution in [0.15, 0.2) is 48.8 Å². The summed E-state index contributed by atoms with van der Waals surface area (Å²) in [6.45, 7) is 1.68. The number of amides is 1. The molecule has 1 aliphatic heterocycles. The molecule has 0 spiro atoms. The van der Waals surface area contributed by atoms with Gasteiger partial charge in [0.15, 0.2) is 0 Å². The highest BCUT2D eigenvalue weighted by Gasteiger charge is 2.37. The van der Waals surface area contributed by atoms with E-state index in [1.807, 2.05) is 42.5 Å². The number of hydrogen-bond acceptors (Lipinski definition) is 2. The third kappa shape index (κ3) is 3.00. The number of aromatic amines is 1. The van der Waals surface area contributed by atoms with E-state index in [4.69, 9.17) is 0 Å². The number of rotatable bonds is 5. The number of carbonyl (C=O) groups is 1. The summed E-state index contributed by atoms with van der Waals surface area (Å²) in [5, 5.41) is 3.47. The van der Waals surface area contributed by atoms with Crippen LogP contribution in [0.5, 0.6) is 0 Å². The number of aromatic nitrogens is 1. The summed E-state index contributed by atoms with van der Waals surface area (Å²) < 4.78 is 0. The zero-order valence-electron chi connectivity index (χ0n) is 12.3. The van der Waals surface area contributed by atoms with E-state index in [1.54, 1.807) is 0 Å². The molecular weight excluding hydrogens is 262 g/mol. The van der Waals surface area contributed by atoms with Gasteiger partial charge in [-0.25, -0.2) is 0 Å². The Morgan fingerprint density at radius 3 is 2.81 bits per heavy atom. The van der Waals surface area contributed by atoms with Gasteiger partial charge in [-0.15, -0.1) is 0 Å². The number of likely N-dealkylation sites (tertiary alicyclic amines) is 1.